The average Bonchev–Trinajstić information content (AvgIpc) is 1.69. The van der Waals surface area contributed by atoms with Gasteiger partial charge in [-0.05, 0) is 99.9 Å². The fourth-order valence-corrected chi connectivity index (χ4v) is 12.0. The number of carboxylic acid groups (broad SMARTS) is 8. The summed E-state index contributed by atoms with van der Waals surface area (Å²) >= 11 is 0. The molecule has 2 fully saturated rings. The van der Waals surface area contributed by atoms with Gasteiger partial charge in [0.2, 0.25) is 23.6 Å². The van der Waals surface area contributed by atoms with Gasteiger partial charge in [0.15, 0.2) is 0 Å². The van der Waals surface area contributed by atoms with Crippen LogP contribution < -0.4 is 31.4 Å². The number of nitrogens with one attached hydrogen (secondary N) is 6. The predicted octanol–water partition coefficient (Wildman–Crippen LogP) is 1.09. The molecule has 4 rings (SSSR count). The number of hydrogen-bond donors (Lipinski definition) is 16. The van der Waals surface area contributed by atoms with E-state index in [1.165, 1.54) is 24.3 Å². The summed E-state index contributed by atoms with van der Waals surface area (Å²) in [6, 6.07) is 0.397. The molecule has 0 bridgehead atoms. The smallest absolute Gasteiger partial charge is 0.404 e. The normalized spacial score (nSPS) is 18.2. The standard InChI is InChI=1S/2C28H38FN4O14P/c2*29-17-7-5-16(6-8-17)25(38)30-13-3-1-2-4-22(34)31-19(26(39)40)9-11-23(35)33-15-18(14-21(33)28(43)44)47-48(45,46)32-20(27(41)42)10-12-24(36)37/h2*5-8,18-21H,1-4,9-15H2,(H,30,38)(H,31,34)(H,36,37)(H,39,40)(H,41,42)(H,43,44)(H2,32,45,46)/t2*18-,19+,20+,21+/m11/s1/i29-1;. The number of rotatable bonds is 42. The van der Waals surface area contributed by atoms with Crippen LogP contribution in [-0.2, 0) is 75.7 Å². The monoisotopic (exact) mass is 1410 g/mol. The van der Waals surface area contributed by atoms with E-state index in [1.807, 2.05) is 10.2 Å². The van der Waals surface area contributed by atoms with Crippen LogP contribution in [0, 0.1) is 11.6 Å². The molecule has 0 saturated carbocycles. The van der Waals surface area contributed by atoms with E-state index >= 15 is 0 Å². The highest BCUT2D eigenvalue weighted by molar-refractivity contribution is 7.51. The van der Waals surface area contributed by atoms with Crippen molar-refractivity contribution in [3.05, 3.63) is 71.3 Å². The Morgan fingerprint density at radius 3 is 1.05 bits per heavy atom. The van der Waals surface area contributed by atoms with Crippen LogP contribution in [0.5, 0.6) is 0 Å². The summed E-state index contributed by atoms with van der Waals surface area (Å²) in [5, 5.41) is 87.7. The molecule has 0 radical (unpaired) electrons. The number of carbonyl (C=O) groups is 14. The molecule has 0 spiro atoms. The van der Waals surface area contributed by atoms with Crippen LogP contribution in [0.1, 0.15) is 136 Å². The lowest BCUT2D eigenvalue weighted by molar-refractivity contribution is -0.148. The van der Waals surface area contributed by atoms with Crippen molar-refractivity contribution < 1.29 is 145 Å². The van der Waals surface area contributed by atoms with Gasteiger partial charge in [0, 0.05) is 88.7 Å². The summed E-state index contributed by atoms with van der Waals surface area (Å²) in [6.07, 6.45) is -5.24. The minimum Gasteiger partial charge on any atom is -0.481 e. The average molecular weight is 1410 g/mol. The minimum atomic E-state index is -4.93. The Morgan fingerprint density at radius 1 is 0.448 bits per heavy atom. The van der Waals surface area contributed by atoms with E-state index in [0.717, 1.165) is 34.1 Å². The van der Waals surface area contributed by atoms with Crippen molar-refractivity contribution in [2.45, 2.75) is 164 Å². The van der Waals surface area contributed by atoms with Crippen molar-refractivity contribution in [2.75, 3.05) is 26.2 Å². The predicted molar refractivity (Wildman–Crippen MR) is 320 cm³/mol. The molecule has 2 unspecified atom stereocenters. The van der Waals surface area contributed by atoms with Gasteiger partial charge in [0.1, 0.15) is 47.9 Å². The number of hydrogen-bond acceptors (Lipinski definition) is 18. The zero-order valence-corrected chi connectivity index (χ0v) is 52.9. The number of aliphatic carboxylic acids is 8. The van der Waals surface area contributed by atoms with Gasteiger partial charge in [-0.25, -0.2) is 47.3 Å². The highest BCUT2D eigenvalue weighted by Gasteiger charge is 2.45. The fourth-order valence-electron chi connectivity index (χ4n) is 9.50. The molecule has 36 nitrogen and oxygen atoms in total. The molecule has 16 N–H and O–H groups in total. The summed E-state index contributed by atoms with van der Waals surface area (Å²) in [5.74, 6) is -16.5. The third-order valence-electron chi connectivity index (χ3n) is 14.4. The second-order valence-corrected chi connectivity index (χ2v) is 24.8. The molecule has 96 heavy (non-hydrogen) atoms. The molecule has 2 heterocycles. The third-order valence-corrected chi connectivity index (χ3v) is 16.8. The molecular formula is C56H76F2N8O28P2. The maximum absolute atomic E-state index is 13.0. The second kappa shape index (κ2) is 39.8. The van der Waals surface area contributed by atoms with E-state index in [2.05, 4.69) is 21.3 Å². The number of halogens is 2. The van der Waals surface area contributed by atoms with E-state index in [1.54, 1.807) is 0 Å². The van der Waals surface area contributed by atoms with Crippen molar-refractivity contribution in [2.24, 2.45) is 0 Å². The van der Waals surface area contributed by atoms with Crippen molar-refractivity contribution in [1.29, 1.82) is 0 Å². The Labute approximate surface area is 544 Å². The maximum Gasteiger partial charge on any atom is 0.404 e. The molecule has 2 aliphatic heterocycles. The zero-order valence-electron chi connectivity index (χ0n) is 51.2. The SMILES string of the molecule is O=C(O)CC[C@H](NP(=O)(O)O[C@@H]1C[C@@H](C(=O)O)N(C(=O)CC[C@H](NC(=O)CCCCCNC(=O)c2ccc(F)cc2)C(=O)O)C1)C(=O)O.O=C(O)CC[C@H](NP(=O)(O)O[C@@H]1C[C@@H](C(=O)O)N(C(=O)CC[C@H](NC(=O)CCCCCNC(=O)c2ccc([18F])cc2)C(=O)O)C1)C(=O)O. The van der Waals surface area contributed by atoms with Gasteiger partial charge in [-0.3, -0.25) is 57.0 Å². The molecule has 10 atom stereocenters. The van der Waals surface area contributed by atoms with Crippen LogP contribution in [-0.4, -0.2) is 218 Å². The fraction of sp³-hybridized carbons (Fsp3) is 0.536. The lowest BCUT2D eigenvalue weighted by atomic mass is 10.1. The molecule has 6 amide bonds. The maximum atomic E-state index is 13.0. The Hall–Kier alpha value is -8.90. The second-order valence-electron chi connectivity index (χ2n) is 21.8. The third kappa shape index (κ3) is 30.2. The van der Waals surface area contributed by atoms with Gasteiger partial charge in [0.05, 0.1) is 12.2 Å². The van der Waals surface area contributed by atoms with Crippen molar-refractivity contribution in [3.8, 4) is 0 Å². The van der Waals surface area contributed by atoms with Crippen LogP contribution in [0.4, 0.5) is 8.78 Å². The first kappa shape index (κ1) is 81.3. The van der Waals surface area contributed by atoms with Gasteiger partial charge in [-0.15, -0.1) is 0 Å². The van der Waals surface area contributed by atoms with Crippen LogP contribution in [0.3, 0.4) is 0 Å². The summed E-state index contributed by atoms with van der Waals surface area (Å²) in [7, 11) is -9.86. The first-order valence-corrected chi connectivity index (χ1v) is 32.8. The van der Waals surface area contributed by atoms with Crippen LogP contribution in [0.25, 0.3) is 0 Å². The lowest BCUT2D eigenvalue weighted by Crippen LogP contribution is -2.44. The molecule has 2 aromatic carbocycles. The van der Waals surface area contributed by atoms with Gasteiger partial charge < -0.3 is 81.7 Å². The molecule has 0 aliphatic carbocycles. The topological polar surface area (TPSA) is 573 Å². The van der Waals surface area contributed by atoms with Crippen molar-refractivity contribution >= 4 is 98.7 Å². The molecule has 0 aromatic heterocycles. The van der Waals surface area contributed by atoms with E-state index < -0.39 is 224 Å². The summed E-state index contributed by atoms with van der Waals surface area (Å²) < 4.78 is 61.0. The molecule has 2 saturated heterocycles. The highest BCUT2D eigenvalue weighted by Crippen LogP contribution is 2.44. The van der Waals surface area contributed by atoms with Crippen molar-refractivity contribution in [1.82, 2.24) is 41.2 Å². The Balaban J connectivity index is 0.000000500. The quantitative estimate of drug-likeness (QED) is 0.0327. The van der Waals surface area contributed by atoms with Gasteiger partial charge in [-0.1, -0.05) is 12.8 Å². The number of carboxylic acids is 8. The van der Waals surface area contributed by atoms with E-state index in [9.17, 15) is 125 Å². The number of carbonyl (C=O) groups excluding carboxylic acids is 6. The van der Waals surface area contributed by atoms with Crippen LogP contribution in [0.15, 0.2) is 48.5 Å². The van der Waals surface area contributed by atoms with Gasteiger partial charge in [0.25, 0.3) is 11.8 Å². The number of amides is 6. The summed E-state index contributed by atoms with van der Waals surface area (Å²) in [5.41, 5.74) is 0.576. The molecule has 2 aromatic rings. The Morgan fingerprint density at radius 2 is 0.760 bits per heavy atom. The number of nitrogens with zero attached hydrogens (tertiary/aromatic N) is 2. The summed E-state index contributed by atoms with van der Waals surface area (Å²) in [4.78, 5) is 188. The van der Waals surface area contributed by atoms with Crippen LogP contribution in [0.2, 0.25) is 0 Å². The number of unbranched alkanes of at least 4 members (excludes halogenated alkanes) is 4. The minimum absolute atomic E-state index is 0.0514. The van der Waals surface area contributed by atoms with E-state index in [4.69, 9.17) is 19.3 Å². The molecular weight excluding hydrogens is 1330 g/mol. The largest absolute Gasteiger partial charge is 0.481 e. The Bertz CT molecular complexity index is 3000. The highest BCUT2D eigenvalue weighted by atomic mass is 31.2. The van der Waals surface area contributed by atoms with Gasteiger partial charge >= 0.3 is 63.2 Å². The molecule has 532 valence electrons. The number of benzene rings is 2. The van der Waals surface area contributed by atoms with Crippen molar-refractivity contribution in [3.63, 3.8) is 0 Å². The molecule has 2 aliphatic rings. The summed E-state index contributed by atoms with van der Waals surface area (Å²) in [6.45, 7) is -0.439. The first-order valence-electron chi connectivity index (χ1n) is 29.6. The van der Waals surface area contributed by atoms with Crippen LogP contribution >= 0.6 is 15.5 Å². The lowest BCUT2D eigenvalue weighted by Gasteiger charge is -2.23. The first-order chi connectivity index (χ1) is 45.0. The van der Waals surface area contributed by atoms with Gasteiger partial charge in [-0.2, -0.15) is 0 Å². The number of likely N-dealkylation sites (tertiary alicyclic amines) is 2. The Kier molecular flexibility index (Phi) is 33.8. The molecule has 40 heteroatoms. The van der Waals surface area contributed by atoms with E-state index in [0.29, 0.717) is 51.6 Å². The zero-order chi connectivity index (χ0) is 72.0. The van der Waals surface area contributed by atoms with E-state index in [-0.39, 0.29) is 35.8 Å².